The van der Waals surface area contributed by atoms with Crippen molar-refractivity contribution in [1.29, 1.82) is 0 Å². The Hall–Kier alpha value is -3.78. The van der Waals surface area contributed by atoms with E-state index in [0.29, 0.717) is 24.0 Å². The Bertz CT molecular complexity index is 1340. The summed E-state index contributed by atoms with van der Waals surface area (Å²) < 4.78 is 7.19. The lowest BCUT2D eigenvalue weighted by Gasteiger charge is -2.05. The van der Waals surface area contributed by atoms with Crippen molar-refractivity contribution in [3.63, 3.8) is 0 Å². The highest BCUT2D eigenvalue weighted by Gasteiger charge is 2.19. The van der Waals surface area contributed by atoms with Crippen LogP contribution >= 0.6 is 11.3 Å². The molecule has 0 atom stereocenters. The Kier molecular flexibility index (Phi) is 5.05. The summed E-state index contributed by atoms with van der Waals surface area (Å²) in [5.41, 5.74) is 3.43. The van der Waals surface area contributed by atoms with Crippen molar-refractivity contribution in [2.75, 3.05) is 0 Å². The normalized spacial score (nSPS) is 11.1. The van der Waals surface area contributed by atoms with Gasteiger partial charge in [-0.2, -0.15) is 10.1 Å². The number of aromatic nitrogens is 4. The van der Waals surface area contributed by atoms with E-state index in [2.05, 4.69) is 20.6 Å². The maximum absolute atomic E-state index is 12.5. The van der Waals surface area contributed by atoms with Crippen molar-refractivity contribution in [3.05, 3.63) is 76.5 Å². The van der Waals surface area contributed by atoms with Crippen molar-refractivity contribution < 1.29 is 9.32 Å². The molecule has 1 N–H and O–H groups in total. The number of rotatable bonds is 6. The lowest BCUT2D eigenvalue weighted by atomic mass is 10.1. The number of nitrogens with zero attached hydrogens (tertiary/aromatic N) is 4. The van der Waals surface area contributed by atoms with Gasteiger partial charge in [0.05, 0.1) is 12.1 Å². The predicted molar refractivity (Wildman–Crippen MR) is 119 cm³/mol. The fourth-order valence-electron chi connectivity index (χ4n) is 3.34. The van der Waals surface area contributed by atoms with Gasteiger partial charge in [-0.25, -0.2) is 0 Å². The molecule has 0 saturated heterocycles. The van der Waals surface area contributed by atoms with Crippen molar-refractivity contribution in [2.24, 2.45) is 0 Å². The zero-order chi connectivity index (χ0) is 21.2. The van der Waals surface area contributed by atoms with Crippen LogP contribution in [0.3, 0.4) is 0 Å². The summed E-state index contributed by atoms with van der Waals surface area (Å²) in [5, 5.41) is 14.5. The number of hydrogen-bond acceptors (Lipinski definition) is 6. The molecule has 3 aromatic heterocycles. The van der Waals surface area contributed by atoms with Crippen LogP contribution in [0.2, 0.25) is 0 Å². The summed E-state index contributed by atoms with van der Waals surface area (Å²) in [5.74, 6) is 0.714. The van der Waals surface area contributed by atoms with E-state index in [4.69, 9.17) is 4.52 Å². The van der Waals surface area contributed by atoms with Gasteiger partial charge in [-0.3, -0.25) is 9.48 Å². The highest BCUT2D eigenvalue weighted by molar-refractivity contribution is 7.09. The molecule has 5 rings (SSSR count). The Morgan fingerprint density at radius 3 is 2.74 bits per heavy atom. The van der Waals surface area contributed by atoms with Gasteiger partial charge in [0.1, 0.15) is 6.54 Å². The molecule has 7 nitrogen and oxygen atoms in total. The fraction of sp³-hybridized carbons (Fsp3) is 0.130. The molecule has 5 aromatic rings. The van der Waals surface area contributed by atoms with Gasteiger partial charge in [-0.1, -0.05) is 59.3 Å². The van der Waals surface area contributed by atoms with Crippen LogP contribution in [0.15, 0.2) is 70.6 Å². The van der Waals surface area contributed by atoms with Crippen molar-refractivity contribution >= 4 is 28.1 Å². The number of nitrogens with one attached hydrogen (secondary N) is 1. The minimum atomic E-state index is -0.112. The van der Waals surface area contributed by atoms with Crippen molar-refractivity contribution in [1.82, 2.24) is 25.2 Å². The van der Waals surface area contributed by atoms with Gasteiger partial charge in [0, 0.05) is 15.8 Å². The highest BCUT2D eigenvalue weighted by atomic mass is 32.1. The summed E-state index contributed by atoms with van der Waals surface area (Å²) in [7, 11) is 0. The predicted octanol–water partition coefficient (Wildman–Crippen LogP) is 4.44. The highest BCUT2D eigenvalue weighted by Crippen LogP contribution is 2.28. The van der Waals surface area contributed by atoms with Crippen LogP contribution in [-0.4, -0.2) is 25.8 Å². The number of benzene rings is 2. The average molecular weight is 430 g/mol. The van der Waals surface area contributed by atoms with Gasteiger partial charge in [0.2, 0.25) is 11.7 Å². The van der Waals surface area contributed by atoms with Crippen LogP contribution in [0.4, 0.5) is 0 Å². The van der Waals surface area contributed by atoms with E-state index in [9.17, 15) is 4.79 Å². The zero-order valence-corrected chi connectivity index (χ0v) is 17.6. The Morgan fingerprint density at radius 2 is 1.94 bits per heavy atom. The average Bonchev–Trinajstić information content (AvgIpc) is 3.53. The van der Waals surface area contributed by atoms with E-state index in [1.54, 1.807) is 16.0 Å². The first-order valence-electron chi connectivity index (χ1n) is 9.83. The van der Waals surface area contributed by atoms with Gasteiger partial charge >= 0.3 is 0 Å². The van der Waals surface area contributed by atoms with E-state index in [-0.39, 0.29) is 12.5 Å². The maximum atomic E-state index is 12.5. The monoisotopic (exact) mass is 429 g/mol. The summed E-state index contributed by atoms with van der Waals surface area (Å²) in [6.07, 6.45) is 0. The second kappa shape index (κ2) is 8.16. The third kappa shape index (κ3) is 3.97. The molecule has 0 unspecified atom stereocenters. The molecule has 0 aliphatic carbocycles. The van der Waals surface area contributed by atoms with Crippen LogP contribution in [0.5, 0.6) is 0 Å². The van der Waals surface area contributed by atoms with Crippen LogP contribution < -0.4 is 5.32 Å². The molecule has 8 heteroatoms. The Morgan fingerprint density at radius 1 is 1.10 bits per heavy atom. The number of thiophene rings is 1. The molecule has 0 bridgehead atoms. The lowest BCUT2D eigenvalue weighted by molar-refractivity contribution is -0.121. The number of para-hydroxylation sites is 1. The topological polar surface area (TPSA) is 85.8 Å². The SMILES string of the molecule is Cc1ccc(-c2noc(-c3nn(CC(=O)NCc4cccs4)c4ccccc34)n2)cc1. The molecule has 0 spiro atoms. The summed E-state index contributed by atoms with van der Waals surface area (Å²) >= 11 is 1.61. The van der Waals surface area contributed by atoms with Crippen LogP contribution in [0, 0.1) is 6.92 Å². The molecular formula is C23H19N5O2S. The molecule has 2 aromatic carbocycles. The molecule has 1 amide bonds. The number of carbonyl (C=O) groups is 1. The summed E-state index contributed by atoms with van der Waals surface area (Å²) in [6.45, 7) is 2.64. The van der Waals surface area contributed by atoms with Crippen molar-refractivity contribution in [3.8, 4) is 23.0 Å². The van der Waals surface area contributed by atoms with Gasteiger partial charge in [-0.05, 0) is 24.4 Å². The molecular weight excluding hydrogens is 410 g/mol. The number of carbonyl (C=O) groups excluding carboxylic acids is 1. The first kappa shape index (κ1) is 19.2. The van der Waals surface area contributed by atoms with Gasteiger partial charge in [0.15, 0.2) is 5.69 Å². The van der Waals surface area contributed by atoms with Crippen molar-refractivity contribution in [2.45, 2.75) is 20.0 Å². The van der Waals surface area contributed by atoms with E-state index in [1.165, 1.54) is 0 Å². The summed E-state index contributed by atoms with van der Waals surface area (Å²) in [4.78, 5) is 18.1. The maximum Gasteiger partial charge on any atom is 0.279 e. The minimum absolute atomic E-state index is 0.102. The molecule has 154 valence electrons. The first-order chi connectivity index (χ1) is 15.2. The van der Waals surface area contributed by atoms with E-state index in [1.807, 2.05) is 73.0 Å². The van der Waals surface area contributed by atoms with Crippen LogP contribution in [-0.2, 0) is 17.9 Å². The van der Waals surface area contributed by atoms with E-state index >= 15 is 0 Å². The van der Waals surface area contributed by atoms with Crippen LogP contribution in [0.1, 0.15) is 10.4 Å². The Labute approximate surface area is 182 Å². The van der Waals surface area contributed by atoms with Gasteiger partial charge < -0.3 is 9.84 Å². The van der Waals surface area contributed by atoms with E-state index < -0.39 is 0 Å². The van der Waals surface area contributed by atoms with Gasteiger partial charge in [0.25, 0.3) is 5.89 Å². The zero-order valence-electron chi connectivity index (χ0n) is 16.8. The standard InChI is InChI=1S/C23H19N5O2S/c1-15-8-10-16(11-9-15)22-25-23(30-27-22)21-18-6-2-3-7-19(18)28(26-21)14-20(29)24-13-17-5-4-12-31-17/h2-12H,13-14H2,1H3,(H,24,29). The second-order valence-electron chi connectivity index (χ2n) is 7.17. The Balaban J connectivity index is 1.42. The largest absolute Gasteiger partial charge is 0.350 e. The molecule has 3 heterocycles. The fourth-order valence-corrected chi connectivity index (χ4v) is 3.98. The molecule has 31 heavy (non-hydrogen) atoms. The van der Waals surface area contributed by atoms with Crippen LogP contribution in [0.25, 0.3) is 33.9 Å². The second-order valence-corrected chi connectivity index (χ2v) is 8.20. The summed E-state index contributed by atoms with van der Waals surface area (Å²) in [6, 6.07) is 19.6. The van der Waals surface area contributed by atoms with E-state index in [0.717, 1.165) is 26.9 Å². The lowest BCUT2D eigenvalue weighted by Crippen LogP contribution is -2.27. The number of fused-ring (bicyclic) bond motifs is 1. The smallest absolute Gasteiger partial charge is 0.279 e. The van der Waals surface area contributed by atoms with Gasteiger partial charge in [-0.15, -0.1) is 11.3 Å². The number of amides is 1. The molecule has 0 saturated carbocycles. The third-order valence-electron chi connectivity index (χ3n) is 4.93. The molecule has 0 aliphatic heterocycles. The number of aryl methyl sites for hydroxylation is 1. The minimum Gasteiger partial charge on any atom is -0.350 e. The molecule has 0 fully saturated rings. The molecule has 0 radical (unpaired) electrons. The third-order valence-corrected chi connectivity index (χ3v) is 5.81. The first-order valence-corrected chi connectivity index (χ1v) is 10.7. The molecule has 0 aliphatic rings. The number of hydrogen-bond donors (Lipinski definition) is 1. The quantitative estimate of drug-likeness (QED) is 0.431.